The van der Waals surface area contributed by atoms with E-state index in [1.54, 1.807) is 0 Å². The molecule has 92 valence electrons. The summed E-state index contributed by atoms with van der Waals surface area (Å²) in [6.45, 7) is 3.93. The number of carbonyl (C=O) groups excluding carboxylic acids is 1. The molecule has 1 aliphatic carbocycles. The van der Waals surface area contributed by atoms with Crippen molar-refractivity contribution in [2.45, 2.75) is 32.2 Å². The average Bonchev–Trinajstić information content (AvgIpc) is 3.04. The van der Waals surface area contributed by atoms with Gasteiger partial charge in [-0.25, -0.2) is 9.37 Å². The van der Waals surface area contributed by atoms with Crippen LogP contribution in [0.5, 0.6) is 0 Å². The fourth-order valence-electron chi connectivity index (χ4n) is 1.90. The van der Waals surface area contributed by atoms with Crippen LogP contribution in [0.3, 0.4) is 0 Å². The highest BCUT2D eigenvalue weighted by atomic mass is 19.1. The van der Waals surface area contributed by atoms with E-state index in [0.29, 0.717) is 5.92 Å². The first kappa shape index (κ1) is 11.8. The minimum atomic E-state index is -0.562. The van der Waals surface area contributed by atoms with Gasteiger partial charge < -0.3 is 11.1 Å². The molecular weight excluding hydrogens is 221 g/mol. The zero-order chi connectivity index (χ0) is 12.6. The normalized spacial score (nSPS) is 15.7. The minimum absolute atomic E-state index is 0.0514. The van der Waals surface area contributed by atoms with Crippen molar-refractivity contribution in [2.75, 3.05) is 5.73 Å². The van der Waals surface area contributed by atoms with Crippen molar-refractivity contribution in [1.82, 2.24) is 10.3 Å². The topological polar surface area (TPSA) is 68.0 Å². The van der Waals surface area contributed by atoms with E-state index in [1.807, 2.05) is 13.8 Å². The van der Waals surface area contributed by atoms with Gasteiger partial charge in [-0.15, -0.1) is 0 Å². The predicted molar refractivity (Wildman–Crippen MR) is 62.9 cm³/mol. The standard InChI is InChI=1S/C12H16FN3O/c1-12(2,7-3-4-7)16-11(17)9-5-8(13)6-15-10(9)14/h5-7H,3-4H2,1-2H3,(H2,14,15)(H,16,17). The van der Waals surface area contributed by atoms with E-state index in [9.17, 15) is 9.18 Å². The van der Waals surface area contributed by atoms with Crippen LogP contribution < -0.4 is 11.1 Å². The van der Waals surface area contributed by atoms with Gasteiger partial charge in [-0.05, 0) is 38.7 Å². The summed E-state index contributed by atoms with van der Waals surface area (Å²) >= 11 is 0. The molecule has 1 aromatic heterocycles. The molecule has 5 heteroatoms. The van der Waals surface area contributed by atoms with E-state index in [-0.39, 0.29) is 22.8 Å². The van der Waals surface area contributed by atoms with Crippen LogP contribution in [0.1, 0.15) is 37.0 Å². The highest BCUT2D eigenvalue weighted by Gasteiger charge is 2.39. The predicted octanol–water partition coefficient (Wildman–Crippen LogP) is 1.72. The van der Waals surface area contributed by atoms with Gasteiger partial charge in [-0.1, -0.05) is 0 Å². The second kappa shape index (κ2) is 3.98. The number of nitrogens with one attached hydrogen (secondary N) is 1. The van der Waals surface area contributed by atoms with Crippen molar-refractivity contribution >= 4 is 11.7 Å². The summed E-state index contributed by atoms with van der Waals surface area (Å²) in [7, 11) is 0. The van der Waals surface area contributed by atoms with Crippen LogP contribution in [-0.4, -0.2) is 16.4 Å². The van der Waals surface area contributed by atoms with Crippen molar-refractivity contribution in [3.63, 3.8) is 0 Å². The number of aromatic nitrogens is 1. The Morgan fingerprint density at radius 3 is 2.82 bits per heavy atom. The van der Waals surface area contributed by atoms with Crippen LogP contribution in [0.15, 0.2) is 12.3 Å². The monoisotopic (exact) mass is 237 g/mol. The fraction of sp³-hybridized carbons (Fsp3) is 0.500. The zero-order valence-corrected chi connectivity index (χ0v) is 9.96. The Kier molecular flexibility index (Phi) is 2.77. The number of pyridine rings is 1. The number of hydrogen-bond acceptors (Lipinski definition) is 3. The lowest BCUT2D eigenvalue weighted by atomic mass is 9.98. The summed E-state index contributed by atoms with van der Waals surface area (Å²) in [4.78, 5) is 15.6. The van der Waals surface area contributed by atoms with Crippen LogP contribution in [-0.2, 0) is 0 Å². The van der Waals surface area contributed by atoms with Gasteiger partial charge in [0.25, 0.3) is 5.91 Å². The fourth-order valence-corrected chi connectivity index (χ4v) is 1.90. The highest BCUT2D eigenvalue weighted by molar-refractivity contribution is 5.98. The van der Waals surface area contributed by atoms with Crippen molar-refractivity contribution in [1.29, 1.82) is 0 Å². The number of anilines is 1. The molecule has 0 spiro atoms. The lowest BCUT2D eigenvalue weighted by molar-refractivity contribution is 0.0903. The van der Waals surface area contributed by atoms with E-state index in [4.69, 9.17) is 5.73 Å². The number of nitrogen functional groups attached to an aromatic ring is 1. The first-order valence-electron chi connectivity index (χ1n) is 5.63. The first-order chi connectivity index (χ1) is 7.90. The van der Waals surface area contributed by atoms with Gasteiger partial charge in [0.2, 0.25) is 0 Å². The molecule has 0 aliphatic heterocycles. The summed E-state index contributed by atoms with van der Waals surface area (Å²) in [6.07, 6.45) is 3.23. The van der Waals surface area contributed by atoms with E-state index in [1.165, 1.54) is 0 Å². The molecule has 0 aromatic carbocycles. The molecule has 17 heavy (non-hydrogen) atoms. The van der Waals surface area contributed by atoms with Crippen LogP contribution in [0.2, 0.25) is 0 Å². The Balaban J connectivity index is 2.16. The van der Waals surface area contributed by atoms with Crippen molar-refractivity contribution in [3.05, 3.63) is 23.6 Å². The number of carbonyl (C=O) groups is 1. The summed E-state index contributed by atoms with van der Waals surface area (Å²) < 4.78 is 13.0. The number of amides is 1. The summed E-state index contributed by atoms with van der Waals surface area (Å²) in [5.41, 5.74) is 5.38. The van der Waals surface area contributed by atoms with Crippen molar-refractivity contribution in [3.8, 4) is 0 Å². The third-order valence-corrected chi connectivity index (χ3v) is 3.16. The number of rotatable bonds is 3. The van der Waals surface area contributed by atoms with Gasteiger partial charge in [0, 0.05) is 5.54 Å². The lowest BCUT2D eigenvalue weighted by Gasteiger charge is -2.26. The molecule has 0 bridgehead atoms. The number of nitrogens with two attached hydrogens (primary N) is 1. The molecule has 0 saturated heterocycles. The van der Waals surface area contributed by atoms with E-state index < -0.39 is 5.82 Å². The molecule has 0 unspecified atom stereocenters. The Bertz CT molecular complexity index is 455. The maximum absolute atomic E-state index is 13.0. The molecule has 4 nitrogen and oxygen atoms in total. The third-order valence-electron chi connectivity index (χ3n) is 3.16. The maximum atomic E-state index is 13.0. The number of hydrogen-bond donors (Lipinski definition) is 2. The molecule has 0 radical (unpaired) electrons. The lowest BCUT2D eigenvalue weighted by Crippen LogP contribution is -2.45. The quantitative estimate of drug-likeness (QED) is 0.841. The largest absolute Gasteiger partial charge is 0.383 e. The zero-order valence-electron chi connectivity index (χ0n) is 9.96. The molecule has 1 aliphatic rings. The Morgan fingerprint density at radius 1 is 1.59 bits per heavy atom. The van der Waals surface area contributed by atoms with Gasteiger partial charge in [0.15, 0.2) is 0 Å². The molecule has 1 saturated carbocycles. The SMILES string of the molecule is CC(C)(NC(=O)c1cc(F)cnc1N)C1CC1. The second-order valence-corrected chi connectivity index (χ2v) is 5.04. The van der Waals surface area contributed by atoms with E-state index >= 15 is 0 Å². The molecule has 1 amide bonds. The summed E-state index contributed by atoms with van der Waals surface area (Å²) in [6, 6.07) is 1.11. The molecule has 1 fully saturated rings. The summed E-state index contributed by atoms with van der Waals surface area (Å²) in [5.74, 6) is -0.385. The molecule has 2 rings (SSSR count). The molecular formula is C12H16FN3O. The summed E-state index contributed by atoms with van der Waals surface area (Å²) in [5, 5.41) is 2.88. The van der Waals surface area contributed by atoms with E-state index in [0.717, 1.165) is 25.1 Å². The van der Waals surface area contributed by atoms with E-state index in [2.05, 4.69) is 10.3 Å². The Morgan fingerprint density at radius 2 is 2.24 bits per heavy atom. The van der Waals surface area contributed by atoms with Crippen LogP contribution in [0, 0.1) is 11.7 Å². The van der Waals surface area contributed by atoms with Crippen molar-refractivity contribution < 1.29 is 9.18 Å². The van der Waals surface area contributed by atoms with Gasteiger partial charge in [0.05, 0.1) is 11.8 Å². The smallest absolute Gasteiger partial charge is 0.255 e. The highest BCUT2D eigenvalue weighted by Crippen LogP contribution is 2.39. The van der Waals surface area contributed by atoms with Crippen LogP contribution >= 0.6 is 0 Å². The van der Waals surface area contributed by atoms with Gasteiger partial charge >= 0.3 is 0 Å². The second-order valence-electron chi connectivity index (χ2n) is 5.04. The average molecular weight is 237 g/mol. The third kappa shape index (κ3) is 2.54. The van der Waals surface area contributed by atoms with Gasteiger partial charge in [-0.2, -0.15) is 0 Å². The molecule has 3 N–H and O–H groups in total. The van der Waals surface area contributed by atoms with Crippen LogP contribution in [0.4, 0.5) is 10.2 Å². The number of nitrogens with zero attached hydrogens (tertiary/aromatic N) is 1. The van der Waals surface area contributed by atoms with Crippen molar-refractivity contribution in [2.24, 2.45) is 5.92 Å². The maximum Gasteiger partial charge on any atom is 0.255 e. The number of halogens is 1. The van der Waals surface area contributed by atoms with Gasteiger partial charge in [0.1, 0.15) is 11.6 Å². The Hall–Kier alpha value is -1.65. The molecule has 1 heterocycles. The molecule has 1 aromatic rings. The van der Waals surface area contributed by atoms with Gasteiger partial charge in [-0.3, -0.25) is 4.79 Å². The molecule has 0 atom stereocenters. The Labute approximate surface area is 99.4 Å². The van der Waals surface area contributed by atoms with Crippen LogP contribution in [0.25, 0.3) is 0 Å². The first-order valence-corrected chi connectivity index (χ1v) is 5.63. The minimum Gasteiger partial charge on any atom is -0.383 e.